The van der Waals surface area contributed by atoms with E-state index in [1.165, 1.54) is 18.3 Å². The third-order valence-electron chi connectivity index (χ3n) is 2.99. The van der Waals surface area contributed by atoms with Gasteiger partial charge < -0.3 is 4.74 Å². The molecule has 0 amide bonds. The van der Waals surface area contributed by atoms with E-state index in [0.29, 0.717) is 18.6 Å². The summed E-state index contributed by atoms with van der Waals surface area (Å²) in [7, 11) is -4.05. The molecule has 0 fully saturated rings. The van der Waals surface area contributed by atoms with Gasteiger partial charge in [0.1, 0.15) is 10.6 Å². The third kappa shape index (κ3) is 2.66. The summed E-state index contributed by atoms with van der Waals surface area (Å²) < 4.78 is 45.8. The van der Waals surface area contributed by atoms with E-state index in [9.17, 15) is 12.8 Å². The van der Waals surface area contributed by atoms with Crippen molar-refractivity contribution in [2.75, 3.05) is 11.3 Å². The smallest absolute Gasteiger partial charge is 0.266 e. The molecule has 0 unspecified atom stereocenters. The molecule has 5 nitrogen and oxygen atoms in total. The van der Waals surface area contributed by atoms with E-state index in [2.05, 4.69) is 9.71 Å². The summed E-state index contributed by atoms with van der Waals surface area (Å²) in [6.07, 6.45) is 1.87. The summed E-state index contributed by atoms with van der Waals surface area (Å²) >= 11 is 5.93. The van der Waals surface area contributed by atoms with Gasteiger partial charge in [-0.15, -0.1) is 0 Å². The first kappa shape index (κ1) is 14.1. The van der Waals surface area contributed by atoms with Crippen LogP contribution in [0.4, 0.5) is 10.2 Å². The summed E-state index contributed by atoms with van der Waals surface area (Å²) in [5.41, 5.74) is 0.712. The number of fused-ring (bicyclic) bond motifs is 1. The van der Waals surface area contributed by atoms with Gasteiger partial charge in [0, 0.05) is 23.2 Å². The molecule has 2 aromatic rings. The van der Waals surface area contributed by atoms with E-state index in [0.717, 1.165) is 6.07 Å². The number of hydrogen-bond acceptors (Lipinski definition) is 4. The molecule has 0 bridgehead atoms. The van der Waals surface area contributed by atoms with Crippen LogP contribution in [0.2, 0.25) is 5.02 Å². The predicted molar refractivity (Wildman–Crippen MR) is 75.7 cm³/mol. The Bertz CT molecular complexity index is 811. The molecule has 3 rings (SSSR count). The second-order valence-electron chi connectivity index (χ2n) is 4.43. The zero-order chi connectivity index (χ0) is 15.0. The number of pyridine rings is 1. The van der Waals surface area contributed by atoms with Gasteiger partial charge in [0.25, 0.3) is 10.0 Å². The molecule has 0 aliphatic carbocycles. The highest BCUT2D eigenvalue weighted by atomic mass is 35.5. The van der Waals surface area contributed by atoms with Crippen molar-refractivity contribution in [3.63, 3.8) is 0 Å². The van der Waals surface area contributed by atoms with Gasteiger partial charge in [0.15, 0.2) is 11.6 Å². The maximum absolute atomic E-state index is 13.5. The van der Waals surface area contributed by atoms with Crippen LogP contribution in [0.5, 0.6) is 5.75 Å². The number of anilines is 1. The zero-order valence-electron chi connectivity index (χ0n) is 10.6. The quantitative estimate of drug-likeness (QED) is 0.940. The minimum Gasteiger partial charge on any atom is -0.492 e. The van der Waals surface area contributed by atoms with Crippen LogP contribution in [0, 0.1) is 5.82 Å². The summed E-state index contributed by atoms with van der Waals surface area (Å²) in [6, 6.07) is 5.41. The molecular formula is C13H10ClFN2O3S. The summed E-state index contributed by atoms with van der Waals surface area (Å²) in [4.78, 5) is 3.55. The average Bonchev–Trinajstić information content (AvgIpc) is 2.88. The van der Waals surface area contributed by atoms with E-state index in [-0.39, 0.29) is 21.5 Å². The number of aromatic nitrogens is 1. The van der Waals surface area contributed by atoms with Crippen LogP contribution < -0.4 is 9.46 Å². The maximum Gasteiger partial charge on any atom is 0.266 e. The molecule has 2 heterocycles. The van der Waals surface area contributed by atoms with Crippen LogP contribution in [0.15, 0.2) is 35.4 Å². The molecule has 1 aliphatic rings. The number of nitrogens with zero attached hydrogens (tertiary/aromatic N) is 1. The van der Waals surface area contributed by atoms with E-state index < -0.39 is 15.8 Å². The summed E-state index contributed by atoms with van der Waals surface area (Å²) in [5, 5.41) is 0.279. The SMILES string of the molecule is O=S(=O)(Nc1ncccc1F)c1cc(Cl)cc2c1OCC2. The van der Waals surface area contributed by atoms with Gasteiger partial charge in [0.05, 0.1) is 6.61 Å². The van der Waals surface area contributed by atoms with Crippen molar-refractivity contribution in [2.24, 2.45) is 0 Å². The number of halogens is 2. The van der Waals surface area contributed by atoms with Crippen LogP contribution in [0.25, 0.3) is 0 Å². The highest BCUT2D eigenvalue weighted by Gasteiger charge is 2.27. The molecule has 21 heavy (non-hydrogen) atoms. The number of hydrogen-bond donors (Lipinski definition) is 1. The van der Waals surface area contributed by atoms with Crippen LogP contribution in [0.3, 0.4) is 0 Å². The van der Waals surface area contributed by atoms with Gasteiger partial charge in [-0.1, -0.05) is 11.6 Å². The van der Waals surface area contributed by atoms with Crippen molar-refractivity contribution in [1.29, 1.82) is 0 Å². The highest BCUT2D eigenvalue weighted by molar-refractivity contribution is 7.92. The maximum atomic E-state index is 13.5. The Kier molecular flexibility index (Phi) is 3.46. The fourth-order valence-corrected chi connectivity index (χ4v) is 3.61. The Morgan fingerprint density at radius 2 is 2.19 bits per heavy atom. The fraction of sp³-hybridized carbons (Fsp3) is 0.154. The van der Waals surface area contributed by atoms with Gasteiger partial charge in [-0.2, -0.15) is 0 Å². The van der Waals surface area contributed by atoms with Gasteiger partial charge in [-0.3, -0.25) is 4.72 Å². The molecule has 1 aliphatic heterocycles. The molecule has 110 valence electrons. The largest absolute Gasteiger partial charge is 0.492 e. The summed E-state index contributed by atoms with van der Waals surface area (Å²) in [5.74, 6) is -0.881. The van der Waals surface area contributed by atoms with Crippen LogP contribution >= 0.6 is 11.6 Å². The number of rotatable bonds is 3. The van der Waals surface area contributed by atoms with Crippen molar-refractivity contribution in [1.82, 2.24) is 4.98 Å². The van der Waals surface area contributed by atoms with Crippen molar-refractivity contribution in [3.05, 3.63) is 46.9 Å². The fourth-order valence-electron chi connectivity index (χ4n) is 2.08. The van der Waals surface area contributed by atoms with Gasteiger partial charge in [-0.05, 0) is 24.3 Å². The second kappa shape index (κ2) is 5.16. The molecule has 0 saturated heterocycles. The first-order chi connectivity index (χ1) is 9.97. The number of sulfonamides is 1. The Balaban J connectivity index is 2.06. The molecule has 0 spiro atoms. The predicted octanol–water partition coefficient (Wildman–Crippen LogP) is 2.61. The van der Waals surface area contributed by atoms with Crippen molar-refractivity contribution in [2.45, 2.75) is 11.3 Å². The van der Waals surface area contributed by atoms with Crippen molar-refractivity contribution in [3.8, 4) is 5.75 Å². The number of benzene rings is 1. The molecule has 8 heteroatoms. The molecule has 0 saturated carbocycles. The monoisotopic (exact) mass is 328 g/mol. The minimum atomic E-state index is -4.05. The minimum absolute atomic E-state index is 0.118. The zero-order valence-corrected chi connectivity index (χ0v) is 12.2. The van der Waals surface area contributed by atoms with Crippen molar-refractivity contribution >= 4 is 27.4 Å². The first-order valence-corrected chi connectivity index (χ1v) is 7.92. The van der Waals surface area contributed by atoms with E-state index in [1.54, 1.807) is 6.07 Å². The molecule has 1 aromatic carbocycles. The standard InChI is InChI=1S/C13H10ClFN2O3S/c14-9-6-8-3-5-20-12(8)11(7-9)21(18,19)17-13-10(15)2-1-4-16-13/h1-2,4,6-7H,3,5H2,(H,16,17). The Morgan fingerprint density at radius 1 is 1.38 bits per heavy atom. The molecule has 1 aromatic heterocycles. The average molecular weight is 329 g/mol. The Labute approximate surface area is 125 Å². The Hall–Kier alpha value is -1.86. The lowest BCUT2D eigenvalue weighted by Gasteiger charge is -2.11. The lowest BCUT2D eigenvalue weighted by Crippen LogP contribution is -2.16. The normalized spacial score (nSPS) is 13.6. The highest BCUT2D eigenvalue weighted by Crippen LogP contribution is 2.36. The van der Waals surface area contributed by atoms with Crippen LogP contribution in [0.1, 0.15) is 5.56 Å². The van der Waals surface area contributed by atoms with Gasteiger partial charge in [0.2, 0.25) is 0 Å². The van der Waals surface area contributed by atoms with E-state index in [1.807, 2.05) is 0 Å². The Morgan fingerprint density at radius 3 is 2.95 bits per heavy atom. The van der Waals surface area contributed by atoms with Crippen LogP contribution in [-0.2, 0) is 16.4 Å². The molecule has 0 radical (unpaired) electrons. The lowest BCUT2D eigenvalue weighted by atomic mass is 10.2. The number of ether oxygens (including phenoxy) is 1. The van der Waals surface area contributed by atoms with Crippen LogP contribution in [-0.4, -0.2) is 20.0 Å². The molecular weight excluding hydrogens is 319 g/mol. The first-order valence-electron chi connectivity index (χ1n) is 6.06. The van der Waals surface area contributed by atoms with E-state index in [4.69, 9.17) is 16.3 Å². The lowest BCUT2D eigenvalue weighted by molar-refractivity contribution is 0.348. The molecule has 0 atom stereocenters. The topological polar surface area (TPSA) is 68.3 Å². The summed E-state index contributed by atoms with van der Waals surface area (Å²) in [6.45, 7) is 0.385. The van der Waals surface area contributed by atoms with Crippen molar-refractivity contribution < 1.29 is 17.5 Å². The van der Waals surface area contributed by atoms with E-state index >= 15 is 0 Å². The van der Waals surface area contributed by atoms with Gasteiger partial charge >= 0.3 is 0 Å². The third-order valence-corrected chi connectivity index (χ3v) is 4.56. The second-order valence-corrected chi connectivity index (χ2v) is 6.52. The van der Waals surface area contributed by atoms with Gasteiger partial charge in [-0.25, -0.2) is 17.8 Å². The molecule has 1 N–H and O–H groups in total. The number of nitrogens with one attached hydrogen (secondary N) is 1.